The van der Waals surface area contributed by atoms with E-state index in [1.807, 2.05) is 18.5 Å². The molecule has 2 aromatic heterocycles. The van der Waals surface area contributed by atoms with Crippen LogP contribution < -0.4 is 5.32 Å². The summed E-state index contributed by atoms with van der Waals surface area (Å²) < 4.78 is 13.4. The normalized spacial score (nSPS) is 19.7. The lowest BCUT2D eigenvalue weighted by Gasteiger charge is -2.38. The van der Waals surface area contributed by atoms with Gasteiger partial charge in [0.15, 0.2) is 11.4 Å². The Morgan fingerprint density at radius 1 is 1.25 bits per heavy atom. The highest BCUT2D eigenvalue weighted by Gasteiger charge is 2.29. The van der Waals surface area contributed by atoms with Crippen molar-refractivity contribution in [1.29, 1.82) is 0 Å². The monoisotopic (exact) mass is 499 g/mol. The third-order valence-corrected chi connectivity index (χ3v) is 7.16. The Morgan fingerprint density at radius 2 is 2.03 bits per heavy atom. The van der Waals surface area contributed by atoms with Crippen LogP contribution in [0.3, 0.4) is 0 Å². The standard InChI is InChI=1S/C27H41N5O4/c1-5-6-12-36-27(34)31-11-13-35-23(18-31)17-30-9-7-22(8-10-30)29-24-14-21(20(4)33)16-32-25(19(2)3)15-28-26(24)32/h14-16,19,22-23,29H,5-13,17-18H2,1-4H3/t23-/m1/s1. The van der Waals surface area contributed by atoms with E-state index in [9.17, 15) is 9.59 Å². The van der Waals surface area contributed by atoms with Crippen LogP contribution in [0.4, 0.5) is 10.5 Å². The molecule has 0 radical (unpaired) electrons. The number of unbranched alkanes of at least 4 members (excludes halogenated alkanes) is 1. The molecule has 36 heavy (non-hydrogen) atoms. The number of Topliss-reactive ketones (excluding diaryl/α,β-unsaturated/α-hetero) is 1. The Labute approximate surface area is 214 Å². The minimum Gasteiger partial charge on any atom is -0.449 e. The number of aromatic nitrogens is 2. The van der Waals surface area contributed by atoms with Crippen molar-refractivity contribution in [3.63, 3.8) is 0 Å². The van der Waals surface area contributed by atoms with Crippen molar-refractivity contribution in [2.75, 3.05) is 51.3 Å². The fourth-order valence-electron chi connectivity index (χ4n) is 4.99. The van der Waals surface area contributed by atoms with E-state index < -0.39 is 0 Å². The molecule has 9 nitrogen and oxygen atoms in total. The van der Waals surface area contributed by atoms with E-state index in [2.05, 4.69) is 40.4 Å². The maximum Gasteiger partial charge on any atom is 0.409 e. The van der Waals surface area contributed by atoms with Crippen LogP contribution in [-0.4, -0.2) is 89.1 Å². The number of amides is 1. The quantitative estimate of drug-likeness (QED) is 0.409. The third kappa shape index (κ3) is 6.37. The molecule has 0 aliphatic carbocycles. The van der Waals surface area contributed by atoms with Gasteiger partial charge >= 0.3 is 6.09 Å². The second-order valence-electron chi connectivity index (χ2n) is 10.4. The van der Waals surface area contributed by atoms with Crippen molar-refractivity contribution in [2.24, 2.45) is 0 Å². The highest BCUT2D eigenvalue weighted by atomic mass is 16.6. The fraction of sp³-hybridized carbons (Fsp3) is 0.667. The number of morpholine rings is 1. The predicted octanol–water partition coefficient (Wildman–Crippen LogP) is 4.17. The molecule has 2 fully saturated rings. The molecule has 2 aliphatic heterocycles. The summed E-state index contributed by atoms with van der Waals surface area (Å²) in [5.41, 5.74) is 3.57. The lowest BCUT2D eigenvalue weighted by Crippen LogP contribution is -2.51. The Morgan fingerprint density at radius 3 is 2.72 bits per heavy atom. The fourth-order valence-corrected chi connectivity index (χ4v) is 4.99. The van der Waals surface area contributed by atoms with Crippen LogP contribution >= 0.6 is 0 Å². The molecule has 1 amide bonds. The maximum atomic E-state index is 12.3. The molecule has 0 spiro atoms. The number of hydrogen-bond donors (Lipinski definition) is 1. The SMILES string of the molecule is CCCCOC(=O)N1CCO[C@H](CN2CCC(Nc3cc(C(C)=O)cn4c(C(C)C)cnc34)CC2)C1. The van der Waals surface area contributed by atoms with Crippen LogP contribution in [0.5, 0.6) is 0 Å². The molecule has 0 unspecified atom stereocenters. The second kappa shape index (κ2) is 12.1. The number of piperidine rings is 1. The number of carbonyl (C=O) groups is 2. The van der Waals surface area contributed by atoms with Gasteiger partial charge in [-0.15, -0.1) is 0 Å². The molecular weight excluding hydrogens is 458 g/mol. The molecule has 1 atom stereocenters. The van der Waals surface area contributed by atoms with Crippen molar-refractivity contribution >= 4 is 23.2 Å². The summed E-state index contributed by atoms with van der Waals surface area (Å²) in [5, 5.41) is 3.68. The van der Waals surface area contributed by atoms with Gasteiger partial charge in [0.05, 0.1) is 31.5 Å². The summed E-state index contributed by atoms with van der Waals surface area (Å²) in [4.78, 5) is 33.4. The topological polar surface area (TPSA) is 88.4 Å². The largest absolute Gasteiger partial charge is 0.449 e. The lowest BCUT2D eigenvalue weighted by molar-refractivity contribution is -0.0430. The van der Waals surface area contributed by atoms with Gasteiger partial charge in [0.1, 0.15) is 0 Å². The average Bonchev–Trinajstić information content (AvgIpc) is 3.30. The van der Waals surface area contributed by atoms with Gasteiger partial charge < -0.3 is 29.0 Å². The molecular formula is C27H41N5O4. The molecule has 4 rings (SSSR count). The number of fused-ring (bicyclic) bond motifs is 1. The summed E-state index contributed by atoms with van der Waals surface area (Å²) in [6.45, 7) is 12.9. The van der Waals surface area contributed by atoms with E-state index in [0.29, 0.717) is 43.8 Å². The molecule has 4 heterocycles. The molecule has 0 saturated carbocycles. The maximum absolute atomic E-state index is 12.3. The number of nitrogens with one attached hydrogen (secondary N) is 1. The second-order valence-corrected chi connectivity index (χ2v) is 10.4. The van der Waals surface area contributed by atoms with Crippen LogP contribution in [0.25, 0.3) is 5.65 Å². The van der Waals surface area contributed by atoms with Gasteiger partial charge in [-0.1, -0.05) is 27.2 Å². The number of ether oxygens (including phenoxy) is 2. The van der Waals surface area contributed by atoms with Crippen LogP contribution in [0, 0.1) is 0 Å². The first-order chi connectivity index (χ1) is 17.4. The van der Waals surface area contributed by atoms with Crippen molar-refractivity contribution in [3.05, 3.63) is 29.7 Å². The van der Waals surface area contributed by atoms with E-state index in [0.717, 1.165) is 62.3 Å². The van der Waals surface area contributed by atoms with Gasteiger partial charge in [-0.05, 0) is 38.2 Å². The van der Waals surface area contributed by atoms with Gasteiger partial charge in [-0.2, -0.15) is 0 Å². The first-order valence-electron chi connectivity index (χ1n) is 13.4. The Balaban J connectivity index is 1.32. The number of carbonyl (C=O) groups excluding carboxylic acids is 2. The molecule has 198 valence electrons. The van der Waals surface area contributed by atoms with E-state index in [1.54, 1.807) is 11.8 Å². The van der Waals surface area contributed by atoms with Crippen LogP contribution in [0.2, 0.25) is 0 Å². The molecule has 2 aliphatic rings. The van der Waals surface area contributed by atoms with Crippen molar-refractivity contribution in [1.82, 2.24) is 19.2 Å². The average molecular weight is 500 g/mol. The number of pyridine rings is 1. The van der Waals surface area contributed by atoms with Crippen molar-refractivity contribution in [3.8, 4) is 0 Å². The molecule has 2 saturated heterocycles. The first kappa shape index (κ1) is 26.4. The Bertz CT molecular complexity index is 1040. The highest BCUT2D eigenvalue weighted by Crippen LogP contribution is 2.26. The zero-order chi connectivity index (χ0) is 25.7. The lowest BCUT2D eigenvalue weighted by atomic mass is 10.0. The van der Waals surface area contributed by atoms with E-state index in [1.165, 1.54) is 0 Å². The molecule has 1 N–H and O–H groups in total. The number of nitrogens with zero attached hydrogens (tertiary/aromatic N) is 4. The van der Waals surface area contributed by atoms with Gasteiger partial charge in [-0.3, -0.25) is 4.79 Å². The molecule has 0 aromatic carbocycles. The predicted molar refractivity (Wildman–Crippen MR) is 140 cm³/mol. The summed E-state index contributed by atoms with van der Waals surface area (Å²) in [6.07, 6.45) is 7.48. The highest BCUT2D eigenvalue weighted by molar-refractivity contribution is 5.95. The zero-order valence-corrected chi connectivity index (χ0v) is 22.2. The third-order valence-electron chi connectivity index (χ3n) is 7.16. The van der Waals surface area contributed by atoms with Crippen LogP contribution in [-0.2, 0) is 9.47 Å². The van der Waals surface area contributed by atoms with E-state index in [4.69, 9.17) is 9.47 Å². The zero-order valence-electron chi connectivity index (χ0n) is 22.2. The minimum absolute atomic E-state index is 0.00762. The van der Waals surface area contributed by atoms with Crippen LogP contribution in [0.1, 0.15) is 75.3 Å². The Hall–Kier alpha value is -2.65. The van der Waals surface area contributed by atoms with E-state index >= 15 is 0 Å². The smallest absolute Gasteiger partial charge is 0.409 e. The summed E-state index contributed by atoms with van der Waals surface area (Å²) in [5.74, 6) is 0.364. The van der Waals surface area contributed by atoms with Gasteiger partial charge in [-0.25, -0.2) is 9.78 Å². The Kier molecular flexibility index (Phi) is 8.85. The molecule has 0 bridgehead atoms. The van der Waals surface area contributed by atoms with E-state index in [-0.39, 0.29) is 18.0 Å². The number of ketones is 1. The molecule has 9 heteroatoms. The van der Waals surface area contributed by atoms with Crippen molar-refractivity contribution < 1.29 is 19.1 Å². The summed E-state index contributed by atoms with van der Waals surface area (Å²) in [6, 6.07) is 2.24. The van der Waals surface area contributed by atoms with Gasteiger partial charge in [0, 0.05) is 55.9 Å². The number of hydrogen-bond acceptors (Lipinski definition) is 7. The van der Waals surface area contributed by atoms with Gasteiger partial charge in [0.25, 0.3) is 0 Å². The summed E-state index contributed by atoms with van der Waals surface area (Å²) >= 11 is 0. The number of anilines is 1. The minimum atomic E-state index is -0.224. The van der Waals surface area contributed by atoms with Crippen LogP contribution in [0.15, 0.2) is 18.5 Å². The summed E-state index contributed by atoms with van der Waals surface area (Å²) in [7, 11) is 0. The number of likely N-dealkylation sites (tertiary alicyclic amines) is 1. The van der Waals surface area contributed by atoms with Gasteiger partial charge in [0.2, 0.25) is 0 Å². The van der Waals surface area contributed by atoms with Crippen molar-refractivity contribution in [2.45, 2.75) is 71.4 Å². The number of rotatable bonds is 9. The first-order valence-corrected chi connectivity index (χ1v) is 13.4. The number of imidazole rings is 1. The molecule has 2 aromatic rings.